The first kappa shape index (κ1) is 20.1. The Morgan fingerprint density at radius 1 is 1.38 bits per heavy atom. The molecule has 2 heterocycles. The van der Waals surface area contributed by atoms with Crippen LogP contribution in [0.5, 0.6) is 0 Å². The third-order valence-corrected chi connectivity index (χ3v) is 4.25. The average Bonchev–Trinajstić information content (AvgIpc) is 2.55. The molecule has 24 heavy (non-hydrogen) atoms. The van der Waals surface area contributed by atoms with Crippen molar-refractivity contribution in [1.82, 2.24) is 14.8 Å². The highest BCUT2D eigenvalue weighted by Gasteiger charge is 2.23. The molecule has 9 heteroatoms. The van der Waals surface area contributed by atoms with Crippen molar-refractivity contribution in [2.75, 3.05) is 26.7 Å². The minimum Gasteiger partial charge on any atom is -0.341 e. The first-order valence-corrected chi connectivity index (χ1v) is 7.78. The number of hydrogen-bond donors (Lipinski definition) is 1. The zero-order valence-corrected chi connectivity index (χ0v) is 14.5. The summed E-state index contributed by atoms with van der Waals surface area (Å²) in [5.74, 6) is 0.451. The molecule has 0 aliphatic carbocycles. The lowest BCUT2D eigenvalue weighted by Gasteiger charge is -2.32. The summed E-state index contributed by atoms with van der Waals surface area (Å²) >= 11 is 0. The number of nitrogens with one attached hydrogen (secondary N) is 1. The van der Waals surface area contributed by atoms with E-state index in [1.807, 2.05) is 7.05 Å². The number of hydrogen-bond acceptors (Lipinski definition) is 5. The van der Waals surface area contributed by atoms with E-state index in [9.17, 15) is 19.7 Å². The van der Waals surface area contributed by atoms with Gasteiger partial charge in [-0.05, 0) is 38.8 Å². The van der Waals surface area contributed by atoms with Crippen LogP contribution in [0.1, 0.15) is 19.3 Å². The van der Waals surface area contributed by atoms with Gasteiger partial charge in [0.05, 0.1) is 11.1 Å². The number of nitro groups is 1. The molecule has 1 aromatic heterocycles. The molecule has 0 unspecified atom stereocenters. The average molecular weight is 359 g/mol. The predicted octanol–water partition coefficient (Wildman–Crippen LogP) is 1.03. The van der Waals surface area contributed by atoms with Crippen LogP contribution in [0.2, 0.25) is 0 Å². The molecule has 1 aromatic rings. The van der Waals surface area contributed by atoms with Crippen molar-refractivity contribution in [3.05, 3.63) is 38.8 Å². The van der Waals surface area contributed by atoms with Crippen LogP contribution in [0, 0.1) is 16.0 Å². The van der Waals surface area contributed by atoms with Gasteiger partial charge in [0.2, 0.25) is 5.91 Å². The van der Waals surface area contributed by atoms with E-state index in [2.05, 4.69) is 5.32 Å². The number of piperidine rings is 1. The van der Waals surface area contributed by atoms with E-state index in [1.165, 1.54) is 0 Å². The molecule has 1 aliphatic rings. The van der Waals surface area contributed by atoms with Gasteiger partial charge in [-0.1, -0.05) is 0 Å². The van der Waals surface area contributed by atoms with E-state index < -0.39 is 10.5 Å². The third-order valence-electron chi connectivity index (χ3n) is 4.25. The zero-order valence-electron chi connectivity index (χ0n) is 13.6. The lowest BCUT2D eigenvalue weighted by atomic mass is 9.93. The standard InChI is InChI=1S/C15H22N4O4.ClH/c1-16-7-4-12-5-8-17(9-6-12)15(21)11-18-10-13(19(22)23)2-3-14(18)20;/h2-3,10,12,16H,4-9,11H2,1H3;1H. The molecule has 134 valence electrons. The fourth-order valence-corrected chi connectivity index (χ4v) is 2.82. The summed E-state index contributed by atoms with van der Waals surface area (Å²) in [4.78, 5) is 36.0. The molecule has 0 atom stereocenters. The van der Waals surface area contributed by atoms with E-state index >= 15 is 0 Å². The van der Waals surface area contributed by atoms with Crippen LogP contribution in [0.3, 0.4) is 0 Å². The van der Waals surface area contributed by atoms with Crippen molar-refractivity contribution >= 4 is 24.0 Å². The van der Waals surface area contributed by atoms with E-state index in [4.69, 9.17) is 0 Å². The summed E-state index contributed by atoms with van der Waals surface area (Å²) in [7, 11) is 1.93. The van der Waals surface area contributed by atoms with Crippen molar-refractivity contribution in [3.63, 3.8) is 0 Å². The van der Waals surface area contributed by atoms with Gasteiger partial charge < -0.3 is 10.2 Å². The molecule has 0 spiro atoms. The second kappa shape index (κ2) is 9.39. The minimum absolute atomic E-state index is 0. The molecular formula is C15H23ClN4O4. The number of rotatable bonds is 6. The normalized spacial score (nSPS) is 15.0. The van der Waals surface area contributed by atoms with Crippen molar-refractivity contribution in [3.8, 4) is 0 Å². The first-order valence-electron chi connectivity index (χ1n) is 7.78. The Balaban J connectivity index is 0.00000288. The first-order chi connectivity index (χ1) is 11.0. The summed E-state index contributed by atoms with van der Waals surface area (Å²) in [5, 5.41) is 13.9. The molecule has 0 bridgehead atoms. The molecule has 8 nitrogen and oxygen atoms in total. The van der Waals surface area contributed by atoms with Gasteiger partial charge in [-0.25, -0.2) is 0 Å². The van der Waals surface area contributed by atoms with Gasteiger partial charge in [-0.2, -0.15) is 0 Å². The molecule has 1 N–H and O–H groups in total. The molecule has 2 rings (SSSR count). The Morgan fingerprint density at radius 2 is 2.04 bits per heavy atom. The SMILES string of the molecule is CNCCC1CCN(C(=O)Cn2cc([N+](=O)[O-])ccc2=O)CC1.Cl. The van der Waals surface area contributed by atoms with Crippen molar-refractivity contribution in [1.29, 1.82) is 0 Å². The molecule has 1 fully saturated rings. The number of carbonyl (C=O) groups is 1. The van der Waals surface area contributed by atoms with Gasteiger partial charge in [0.15, 0.2) is 0 Å². The van der Waals surface area contributed by atoms with Crippen molar-refractivity contribution < 1.29 is 9.72 Å². The Labute approximate surface area is 146 Å². The number of pyridine rings is 1. The van der Waals surface area contributed by atoms with Gasteiger partial charge in [-0.3, -0.25) is 24.3 Å². The number of carbonyl (C=O) groups excluding carboxylic acids is 1. The van der Waals surface area contributed by atoms with E-state index in [-0.39, 0.29) is 30.5 Å². The van der Waals surface area contributed by atoms with Gasteiger partial charge in [0.1, 0.15) is 6.54 Å². The maximum absolute atomic E-state index is 12.3. The monoisotopic (exact) mass is 358 g/mol. The number of aromatic nitrogens is 1. The number of nitrogens with zero attached hydrogens (tertiary/aromatic N) is 3. The second-order valence-electron chi connectivity index (χ2n) is 5.83. The van der Waals surface area contributed by atoms with Crippen LogP contribution in [0.25, 0.3) is 0 Å². The van der Waals surface area contributed by atoms with Crippen LogP contribution < -0.4 is 10.9 Å². The second-order valence-corrected chi connectivity index (χ2v) is 5.83. The topological polar surface area (TPSA) is 97.5 Å². The number of halogens is 1. The van der Waals surface area contributed by atoms with Crippen LogP contribution in [0.4, 0.5) is 5.69 Å². The zero-order chi connectivity index (χ0) is 16.8. The molecule has 0 aromatic carbocycles. The minimum atomic E-state index is -0.576. The van der Waals surface area contributed by atoms with Gasteiger partial charge in [0.25, 0.3) is 11.2 Å². The molecule has 0 radical (unpaired) electrons. The quantitative estimate of drug-likeness (QED) is 0.605. The molecule has 1 amide bonds. The highest BCUT2D eigenvalue weighted by molar-refractivity contribution is 5.85. The highest BCUT2D eigenvalue weighted by atomic mass is 35.5. The highest BCUT2D eigenvalue weighted by Crippen LogP contribution is 2.20. The summed E-state index contributed by atoms with van der Waals surface area (Å²) in [6.07, 6.45) is 4.14. The molecule has 1 aliphatic heterocycles. The summed E-state index contributed by atoms with van der Waals surface area (Å²) in [6.45, 7) is 2.18. The lowest BCUT2D eigenvalue weighted by molar-refractivity contribution is -0.385. The Hall–Kier alpha value is -1.93. The van der Waals surface area contributed by atoms with Gasteiger partial charge in [0, 0.05) is 25.2 Å². The Morgan fingerprint density at radius 3 is 2.62 bits per heavy atom. The maximum atomic E-state index is 12.3. The van der Waals surface area contributed by atoms with Gasteiger partial charge in [-0.15, -0.1) is 12.4 Å². The van der Waals surface area contributed by atoms with Crippen LogP contribution in [-0.4, -0.2) is 47.0 Å². The largest absolute Gasteiger partial charge is 0.341 e. The van der Waals surface area contributed by atoms with Crippen LogP contribution in [0.15, 0.2) is 23.1 Å². The lowest BCUT2D eigenvalue weighted by Crippen LogP contribution is -2.41. The maximum Gasteiger partial charge on any atom is 0.285 e. The van der Waals surface area contributed by atoms with E-state index in [0.29, 0.717) is 19.0 Å². The number of likely N-dealkylation sites (tertiary alicyclic amines) is 1. The Kier molecular flexibility index (Phi) is 7.87. The predicted molar refractivity (Wildman–Crippen MR) is 92.5 cm³/mol. The molecular weight excluding hydrogens is 336 g/mol. The smallest absolute Gasteiger partial charge is 0.285 e. The summed E-state index contributed by atoms with van der Waals surface area (Å²) in [5.41, 5.74) is -0.601. The molecule has 0 saturated carbocycles. The van der Waals surface area contributed by atoms with Crippen LogP contribution >= 0.6 is 12.4 Å². The summed E-state index contributed by atoms with van der Waals surface area (Å²) in [6, 6.07) is 2.27. The third kappa shape index (κ3) is 5.31. The van der Waals surface area contributed by atoms with E-state index in [1.54, 1.807) is 4.90 Å². The van der Waals surface area contributed by atoms with E-state index in [0.717, 1.165) is 48.7 Å². The Bertz CT molecular complexity index is 626. The fraction of sp³-hybridized carbons (Fsp3) is 0.600. The van der Waals surface area contributed by atoms with Gasteiger partial charge >= 0.3 is 0 Å². The number of amides is 1. The summed E-state index contributed by atoms with van der Waals surface area (Å²) < 4.78 is 1.10. The fourth-order valence-electron chi connectivity index (χ4n) is 2.82. The van der Waals surface area contributed by atoms with Crippen molar-refractivity contribution in [2.45, 2.75) is 25.8 Å². The molecule has 1 saturated heterocycles. The van der Waals surface area contributed by atoms with Crippen molar-refractivity contribution in [2.24, 2.45) is 5.92 Å². The van der Waals surface area contributed by atoms with Crippen LogP contribution in [-0.2, 0) is 11.3 Å².